The highest BCUT2D eigenvalue weighted by Gasteiger charge is 2.58. The number of phenols is 1. The number of aliphatic hydroxyl groups is 3. The number of nitrogens with two attached hydrogens (primary N) is 1. The third kappa shape index (κ3) is 3.38. The Kier molecular flexibility index (Phi) is 5.55. The third-order valence-corrected chi connectivity index (χ3v) is 7.08. The van der Waals surface area contributed by atoms with Crippen LogP contribution < -0.4 is 5.73 Å². The first-order chi connectivity index (χ1) is 15.9. The quantitative estimate of drug-likeness (QED) is 0.401. The van der Waals surface area contributed by atoms with Crippen LogP contribution in [0.1, 0.15) is 41.3 Å². The standard InChI is InChI=1S/C25H26N2O7/c1-11(28)4-5-12-6-7-17(29)19-14(12)8-13-9-16-20(27(2)3)21(30)15(24(26)33)10-25(16,34)23(32)18(13)22(19)31/h6-7,13,16,20,29-30,32,34H,8-10H2,1-3H3,(H2,26,33). The van der Waals surface area contributed by atoms with Crippen molar-refractivity contribution in [3.63, 3.8) is 0 Å². The molecule has 9 heteroatoms. The number of aromatic hydroxyl groups is 1. The molecule has 0 heterocycles. The summed E-state index contributed by atoms with van der Waals surface area (Å²) >= 11 is 0. The van der Waals surface area contributed by atoms with Crippen molar-refractivity contribution in [2.24, 2.45) is 17.6 Å². The van der Waals surface area contributed by atoms with E-state index in [4.69, 9.17) is 5.73 Å². The molecule has 0 radical (unpaired) electrons. The Morgan fingerprint density at radius 3 is 2.47 bits per heavy atom. The zero-order valence-electron chi connectivity index (χ0n) is 19.0. The molecule has 0 saturated carbocycles. The van der Waals surface area contributed by atoms with Gasteiger partial charge in [-0.2, -0.15) is 0 Å². The predicted molar refractivity (Wildman–Crippen MR) is 121 cm³/mol. The van der Waals surface area contributed by atoms with E-state index >= 15 is 0 Å². The van der Waals surface area contributed by atoms with Gasteiger partial charge < -0.3 is 26.2 Å². The molecule has 4 atom stereocenters. The highest BCUT2D eigenvalue weighted by molar-refractivity contribution is 6.14. The highest BCUT2D eigenvalue weighted by Crippen LogP contribution is 2.53. The summed E-state index contributed by atoms with van der Waals surface area (Å²) in [5.41, 5.74) is 4.01. The molecule has 0 spiro atoms. The number of allylic oxidation sites excluding steroid dienone is 1. The fourth-order valence-corrected chi connectivity index (χ4v) is 5.61. The van der Waals surface area contributed by atoms with Gasteiger partial charge >= 0.3 is 0 Å². The summed E-state index contributed by atoms with van der Waals surface area (Å²) in [5, 5.41) is 44.1. The van der Waals surface area contributed by atoms with Crippen molar-refractivity contribution in [1.82, 2.24) is 4.90 Å². The zero-order valence-corrected chi connectivity index (χ0v) is 19.0. The number of likely N-dealkylation sites (N-methyl/N-ethyl adjacent to an activating group) is 1. The Morgan fingerprint density at radius 1 is 1.21 bits per heavy atom. The predicted octanol–water partition coefficient (Wildman–Crippen LogP) is 0.882. The average Bonchev–Trinajstić information content (AvgIpc) is 2.74. The van der Waals surface area contributed by atoms with E-state index in [1.165, 1.54) is 19.1 Å². The number of aliphatic hydroxyl groups excluding tert-OH is 2. The molecule has 6 N–H and O–H groups in total. The lowest BCUT2D eigenvalue weighted by molar-refractivity contribution is -0.118. The lowest BCUT2D eigenvalue weighted by atomic mass is 9.59. The molecule has 1 aromatic carbocycles. The van der Waals surface area contributed by atoms with E-state index < -0.39 is 47.3 Å². The molecular formula is C25H26N2O7. The maximum atomic E-state index is 13.5. The number of ketones is 2. The number of carbonyl (C=O) groups is 3. The largest absolute Gasteiger partial charge is 0.510 e. The van der Waals surface area contributed by atoms with Crippen molar-refractivity contribution in [3.8, 4) is 17.6 Å². The minimum absolute atomic E-state index is 0.0383. The second-order valence-electron chi connectivity index (χ2n) is 9.36. The van der Waals surface area contributed by atoms with Crippen LogP contribution in [0.3, 0.4) is 0 Å². The summed E-state index contributed by atoms with van der Waals surface area (Å²) < 4.78 is 0. The molecule has 3 aliphatic rings. The maximum Gasteiger partial charge on any atom is 0.248 e. The van der Waals surface area contributed by atoms with Crippen molar-refractivity contribution in [1.29, 1.82) is 0 Å². The molecule has 0 bridgehead atoms. The van der Waals surface area contributed by atoms with Crippen molar-refractivity contribution >= 4 is 17.5 Å². The number of fused-ring (bicyclic) bond motifs is 3. The Labute approximate surface area is 196 Å². The number of amides is 1. The molecule has 178 valence electrons. The number of phenolic OH excluding ortho intramolecular Hbond substituents is 1. The van der Waals surface area contributed by atoms with Gasteiger partial charge in [0.2, 0.25) is 11.7 Å². The van der Waals surface area contributed by atoms with Gasteiger partial charge in [-0.05, 0) is 56.5 Å². The van der Waals surface area contributed by atoms with Crippen LogP contribution in [0.2, 0.25) is 0 Å². The number of carbonyl (C=O) groups excluding carboxylic acids is 3. The number of hydrogen-bond donors (Lipinski definition) is 5. The fourth-order valence-electron chi connectivity index (χ4n) is 5.61. The molecule has 9 nitrogen and oxygen atoms in total. The highest BCUT2D eigenvalue weighted by atomic mass is 16.3. The van der Waals surface area contributed by atoms with E-state index in [1.54, 1.807) is 19.0 Å². The summed E-state index contributed by atoms with van der Waals surface area (Å²) in [6.45, 7) is 1.32. The number of nitrogens with zero attached hydrogens (tertiary/aromatic N) is 1. The molecule has 4 rings (SSSR count). The van der Waals surface area contributed by atoms with Gasteiger partial charge in [0.05, 0.1) is 17.2 Å². The summed E-state index contributed by atoms with van der Waals surface area (Å²) in [6, 6.07) is 2.00. The van der Waals surface area contributed by atoms with Crippen molar-refractivity contribution in [2.45, 2.75) is 37.8 Å². The van der Waals surface area contributed by atoms with Crippen LogP contribution in [0.15, 0.2) is 34.8 Å². The first kappa shape index (κ1) is 23.5. The molecule has 0 fully saturated rings. The van der Waals surface area contributed by atoms with Gasteiger partial charge in [-0.15, -0.1) is 0 Å². The van der Waals surface area contributed by atoms with Crippen molar-refractivity contribution in [2.75, 3.05) is 14.1 Å². The topological polar surface area (TPSA) is 161 Å². The van der Waals surface area contributed by atoms with E-state index in [2.05, 4.69) is 11.8 Å². The molecule has 0 aliphatic heterocycles. The molecule has 3 aliphatic carbocycles. The van der Waals surface area contributed by atoms with E-state index in [0.717, 1.165) is 0 Å². The van der Waals surface area contributed by atoms with Crippen molar-refractivity contribution < 1.29 is 34.8 Å². The Morgan fingerprint density at radius 2 is 1.88 bits per heavy atom. The minimum Gasteiger partial charge on any atom is -0.510 e. The van der Waals surface area contributed by atoms with E-state index in [9.17, 15) is 34.8 Å². The van der Waals surface area contributed by atoms with E-state index in [-0.39, 0.29) is 46.8 Å². The fraction of sp³-hybridized carbons (Fsp3) is 0.400. The molecule has 4 unspecified atom stereocenters. The smallest absolute Gasteiger partial charge is 0.248 e. The Hall–Kier alpha value is -3.61. The van der Waals surface area contributed by atoms with Gasteiger partial charge in [0.1, 0.15) is 22.9 Å². The third-order valence-electron chi connectivity index (χ3n) is 7.08. The lowest BCUT2D eigenvalue weighted by Crippen LogP contribution is -2.59. The van der Waals surface area contributed by atoms with Gasteiger partial charge in [0, 0.05) is 30.4 Å². The van der Waals surface area contributed by atoms with Gasteiger partial charge in [-0.1, -0.05) is 5.92 Å². The zero-order chi connectivity index (χ0) is 25.1. The number of rotatable bonds is 2. The van der Waals surface area contributed by atoms with Gasteiger partial charge in [0.25, 0.3) is 0 Å². The molecular weight excluding hydrogens is 440 g/mol. The van der Waals surface area contributed by atoms with Crippen LogP contribution >= 0.6 is 0 Å². The second kappa shape index (κ2) is 8.01. The van der Waals surface area contributed by atoms with Gasteiger partial charge in [0.15, 0.2) is 5.78 Å². The number of primary amides is 1. The SMILES string of the molecule is CC(=O)C#Cc1ccc(O)c2c1CC1CC3C(N(C)C)C(O)=C(C(N)=O)CC3(O)C(O)=C1C2=O. The van der Waals surface area contributed by atoms with Crippen LogP contribution in [0.25, 0.3) is 0 Å². The van der Waals surface area contributed by atoms with Gasteiger partial charge in [-0.25, -0.2) is 0 Å². The first-order valence-corrected chi connectivity index (χ1v) is 10.8. The Balaban J connectivity index is 1.91. The summed E-state index contributed by atoms with van der Waals surface area (Å²) in [6.07, 6.45) is -0.0204. The monoisotopic (exact) mass is 466 g/mol. The summed E-state index contributed by atoms with van der Waals surface area (Å²) in [4.78, 5) is 38.5. The minimum atomic E-state index is -2.01. The van der Waals surface area contributed by atoms with E-state index in [1.807, 2.05) is 0 Å². The molecule has 34 heavy (non-hydrogen) atoms. The second-order valence-corrected chi connectivity index (χ2v) is 9.36. The molecule has 0 saturated heterocycles. The number of hydrogen-bond acceptors (Lipinski definition) is 8. The van der Waals surface area contributed by atoms with Crippen molar-refractivity contribution in [3.05, 3.63) is 51.5 Å². The van der Waals surface area contributed by atoms with Crippen LogP contribution in [0, 0.1) is 23.7 Å². The summed E-state index contributed by atoms with van der Waals surface area (Å²) in [7, 11) is 3.33. The molecule has 1 amide bonds. The average molecular weight is 466 g/mol. The number of Topliss-reactive ketones (excluding diaryl/α,β-unsaturated/α-hetero) is 2. The normalized spacial score (nSPS) is 28.0. The van der Waals surface area contributed by atoms with Crippen LogP contribution in [-0.2, 0) is 16.0 Å². The number of benzene rings is 1. The van der Waals surface area contributed by atoms with Crippen LogP contribution in [-0.4, -0.2) is 68.5 Å². The van der Waals surface area contributed by atoms with Crippen LogP contribution in [0.5, 0.6) is 5.75 Å². The molecule has 0 aromatic heterocycles. The van der Waals surface area contributed by atoms with E-state index in [0.29, 0.717) is 11.1 Å². The summed E-state index contributed by atoms with van der Waals surface area (Å²) in [5.74, 6) is 0.814. The first-order valence-electron chi connectivity index (χ1n) is 10.8. The van der Waals surface area contributed by atoms with Gasteiger partial charge in [-0.3, -0.25) is 19.3 Å². The maximum absolute atomic E-state index is 13.5. The lowest BCUT2D eigenvalue weighted by Gasteiger charge is -2.51. The Bertz CT molecular complexity index is 1260. The molecule has 1 aromatic rings. The van der Waals surface area contributed by atoms with Crippen LogP contribution in [0.4, 0.5) is 0 Å².